The number of hydrogen-bond donors (Lipinski definition) is 1. The summed E-state index contributed by atoms with van der Waals surface area (Å²) in [5.74, 6) is 0.290. The fourth-order valence-corrected chi connectivity index (χ4v) is 9.06. The van der Waals surface area contributed by atoms with E-state index < -0.39 is 10.0 Å². The normalized spacial score (nSPS) is 17.5. The third-order valence-corrected chi connectivity index (χ3v) is 11.6. The molecule has 2 aliphatic rings. The van der Waals surface area contributed by atoms with Crippen LogP contribution in [0, 0.1) is 5.92 Å². The number of aromatic nitrogens is 1. The second kappa shape index (κ2) is 10.2. The standard InChI is InChI=1S/C28H30N4O3S3/c1-18-11-15-32(16-12-18)38(34,35)20-9-7-19(8-10-20)26(33)30-28-25(21-13-14-31(2)17-24(21)37-28)27-29-22-5-3-4-6-23(22)36-27/h3-10,18H,11-17H2,1-2H3,(H,30,33). The molecule has 4 heterocycles. The van der Waals surface area contributed by atoms with Crippen LogP contribution in [-0.2, 0) is 23.0 Å². The van der Waals surface area contributed by atoms with Gasteiger partial charge in [-0.3, -0.25) is 4.79 Å². The second-order valence-corrected chi connectivity index (χ2v) is 14.3. The molecule has 7 nitrogen and oxygen atoms in total. The van der Waals surface area contributed by atoms with E-state index in [-0.39, 0.29) is 10.8 Å². The van der Waals surface area contributed by atoms with Crippen LogP contribution in [-0.4, -0.2) is 55.2 Å². The van der Waals surface area contributed by atoms with E-state index in [4.69, 9.17) is 4.98 Å². The van der Waals surface area contributed by atoms with Gasteiger partial charge < -0.3 is 10.2 Å². The van der Waals surface area contributed by atoms with Crippen molar-refractivity contribution in [1.82, 2.24) is 14.2 Å². The monoisotopic (exact) mass is 566 g/mol. The van der Waals surface area contributed by atoms with Crippen LogP contribution in [0.5, 0.6) is 0 Å². The Balaban J connectivity index is 1.28. The Labute approximate surface area is 231 Å². The molecule has 0 spiro atoms. The van der Waals surface area contributed by atoms with Crippen LogP contribution in [0.25, 0.3) is 20.8 Å². The number of sulfonamides is 1. The number of benzene rings is 2. The maximum atomic E-state index is 13.4. The van der Waals surface area contributed by atoms with Crippen molar-refractivity contribution in [3.8, 4) is 10.6 Å². The highest BCUT2D eigenvalue weighted by atomic mass is 32.2. The molecule has 2 aromatic heterocycles. The summed E-state index contributed by atoms with van der Waals surface area (Å²) in [6, 6.07) is 14.4. The van der Waals surface area contributed by atoms with Crippen LogP contribution in [0.4, 0.5) is 5.00 Å². The molecule has 0 unspecified atom stereocenters. The summed E-state index contributed by atoms with van der Waals surface area (Å²) in [6.07, 6.45) is 2.65. The van der Waals surface area contributed by atoms with Gasteiger partial charge in [-0.25, -0.2) is 13.4 Å². The molecule has 10 heteroatoms. The smallest absolute Gasteiger partial charge is 0.256 e. The maximum Gasteiger partial charge on any atom is 0.256 e. The van der Waals surface area contributed by atoms with Crippen molar-refractivity contribution in [2.75, 3.05) is 32.0 Å². The lowest BCUT2D eigenvalue weighted by Gasteiger charge is -2.29. The molecule has 0 saturated carbocycles. The Hall–Kier alpha value is -2.63. The highest BCUT2D eigenvalue weighted by Crippen LogP contribution is 2.45. The molecule has 1 saturated heterocycles. The van der Waals surface area contributed by atoms with E-state index in [0.717, 1.165) is 58.1 Å². The van der Waals surface area contributed by atoms with E-state index >= 15 is 0 Å². The van der Waals surface area contributed by atoms with E-state index in [2.05, 4.69) is 30.3 Å². The Morgan fingerprint density at radius 1 is 1.03 bits per heavy atom. The molecule has 6 rings (SSSR count). The predicted octanol–water partition coefficient (Wildman–Crippen LogP) is 5.69. The van der Waals surface area contributed by atoms with E-state index in [1.54, 1.807) is 51.2 Å². The summed E-state index contributed by atoms with van der Waals surface area (Å²) in [6.45, 7) is 5.04. The zero-order valence-electron chi connectivity index (χ0n) is 21.4. The number of carbonyl (C=O) groups is 1. The molecular weight excluding hydrogens is 537 g/mol. The first-order valence-corrected chi connectivity index (χ1v) is 16.0. The maximum absolute atomic E-state index is 13.4. The molecule has 1 fully saturated rings. The summed E-state index contributed by atoms with van der Waals surface area (Å²) in [7, 11) is -1.45. The number of para-hydroxylation sites is 1. The number of piperidine rings is 1. The van der Waals surface area contributed by atoms with Gasteiger partial charge in [0.05, 0.1) is 15.1 Å². The zero-order valence-corrected chi connectivity index (χ0v) is 23.9. The summed E-state index contributed by atoms with van der Waals surface area (Å²) in [5, 5.41) is 4.85. The quantitative estimate of drug-likeness (QED) is 0.336. The van der Waals surface area contributed by atoms with Gasteiger partial charge in [0, 0.05) is 42.2 Å². The minimum atomic E-state index is -3.56. The van der Waals surface area contributed by atoms with Gasteiger partial charge in [0.15, 0.2) is 0 Å². The lowest BCUT2D eigenvalue weighted by Crippen LogP contribution is -2.37. The van der Waals surface area contributed by atoms with Crippen LogP contribution >= 0.6 is 22.7 Å². The van der Waals surface area contributed by atoms with Gasteiger partial charge in [-0.15, -0.1) is 22.7 Å². The van der Waals surface area contributed by atoms with Crippen LogP contribution in [0.3, 0.4) is 0 Å². The number of rotatable bonds is 5. The first-order valence-electron chi connectivity index (χ1n) is 12.9. The van der Waals surface area contributed by atoms with Crippen molar-refractivity contribution < 1.29 is 13.2 Å². The Morgan fingerprint density at radius 3 is 2.50 bits per heavy atom. The van der Waals surface area contributed by atoms with Crippen molar-refractivity contribution in [1.29, 1.82) is 0 Å². The van der Waals surface area contributed by atoms with E-state index in [0.29, 0.717) is 24.6 Å². The van der Waals surface area contributed by atoms with Crippen molar-refractivity contribution in [2.45, 2.75) is 37.6 Å². The lowest BCUT2D eigenvalue weighted by atomic mass is 10.0. The fourth-order valence-electron chi connectivity index (χ4n) is 5.15. The first kappa shape index (κ1) is 25.6. The largest absolute Gasteiger partial charge is 0.313 e. The van der Waals surface area contributed by atoms with Crippen molar-refractivity contribution in [2.24, 2.45) is 5.92 Å². The molecule has 2 aliphatic heterocycles. The van der Waals surface area contributed by atoms with Crippen LogP contribution in [0.2, 0.25) is 0 Å². The van der Waals surface area contributed by atoms with Gasteiger partial charge in [0.2, 0.25) is 10.0 Å². The lowest BCUT2D eigenvalue weighted by molar-refractivity contribution is 0.102. The number of nitrogens with zero attached hydrogens (tertiary/aromatic N) is 3. The summed E-state index contributed by atoms with van der Waals surface area (Å²) in [4.78, 5) is 22.0. The highest BCUT2D eigenvalue weighted by molar-refractivity contribution is 7.89. The molecule has 2 aromatic carbocycles. The number of anilines is 1. The summed E-state index contributed by atoms with van der Waals surface area (Å²) >= 11 is 3.25. The van der Waals surface area contributed by atoms with Gasteiger partial charge >= 0.3 is 0 Å². The summed E-state index contributed by atoms with van der Waals surface area (Å²) in [5.41, 5.74) is 3.67. The van der Waals surface area contributed by atoms with E-state index in [1.807, 2.05) is 18.2 Å². The van der Waals surface area contributed by atoms with Gasteiger partial charge in [0.25, 0.3) is 5.91 Å². The highest BCUT2D eigenvalue weighted by Gasteiger charge is 2.29. The molecule has 198 valence electrons. The fraction of sp³-hybridized carbons (Fsp3) is 0.357. The SMILES string of the molecule is CC1CCN(S(=O)(=O)c2ccc(C(=O)Nc3sc4c(c3-c3nc5ccccc5s3)CCN(C)C4)cc2)CC1. The molecule has 1 amide bonds. The molecular formula is C28H30N4O3S3. The number of carbonyl (C=O) groups excluding carboxylic acids is 1. The first-order chi connectivity index (χ1) is 18.3. The van der Waals surface area contributed by atoms with Gasteiger partial charge in [-0.05, 0) is 74.2 Å². The molecule has 38 heavy (non-hydrogen) atoms. The summed E-state index contributed by atoms with van der Waals surface area (Å²) < 4.78 is 28.9. The molecule has 0 radical (unpaired) electrons. The second-order valence-electron chi connectivity index (χ2n) is 10.2. The number of nitrogens with one attached hydrogen (secondary N) is 1. The van der Waals surface area contributed by atoms with E-state index in [1.165, 1.54) is 10.4 Å². The number of hydrogen-bond acceptors (Lipinski definition) is 7. The Kier molecular flexibility index (Phi) is 6.86. The topological polar surface area (TPSA) is 82.6 Å². The Morgan fingerprint density at radius 2 is 1.76 bits per heavy atom. The zero-order chi connectivity index (χ0) is 26.4. The van der Waals surface area contributed by atoms with Crippen molar-refractivity contribution in [3.63, 3.8) is 0 Å². The number of thiazole rings is 1. The number of amides is 1. The average Bonchev–Trinajstić information content (AvgIpc) is 3.49. The average molecular weight is 567 g/mol. The number of likely N-dealkylation sites (N-methyl/N-ethyl adjacent to an activating group) is 1. The number of thiophene rings is 1. The molecule has 0 aliphatic carbocycles. The minimum absolute atomic E-state index is 0.230. The van der Waals surface area contributed by atoms with E-state index in [9.17, 15) is 13.2 Å². The van der Waals surface area contributed by atoms with Crippen molar-refractivity contribution in [3.05, 3.63) is 64.5 Å². The molecule has 0 atom stereocenters. The van der Waals surface area contributed by atoms with Crippen LogP contribution < -0.4 is 5.32 Å². The van der Waals surface area contributed by atoms with Gasteiger partial charge in [0.1, 0.15) is 10.0 Å². The third-order valence-electron chi connectivity index (χ3n) is 7.48. The molecule has 1 N–H and O–H groups in total. The predicted molar refractivity (Wildman–Crippen MR) is 155 cm³/mol. The van der Waals surface area contributed by atoms with Gasteiger partial charge in [-0.2, -0.15) is 4.31 Å². The molecule has 0 bridgehead atoms. The van der Waals surface area contributed by atoms with Gasteiger partial charge in [-0.1, -0.05) is 19.1 Å². The minimum Gasteiger partial charge on any atom is -0.313 e. The third kappa shape index (κ3) is 4.80. The number of fused-ring (bicyclic) bond motifs is 2. The van der Waals surface area contributed by atoms with Crippen molar-refractivity contribution >= 4 is 53.8 Å². The van der Waals surface area contributed by atoms with Crippen LogP contribution in [0.1, 0.15) is 40.6 Å². The van der Waals surface area contributed by atoms with Crippen LogP contribution in [0.15, 0.2) is 53.4 Å². The Bertz CT molecular complexity index is 1570. The molecule has 4 aromatic rings.